The van der Waals surface area contributed by atoms with E-state index in [1.54, 1.807) is 0 Å². The first-order chi connectivity index (χ1) is 9.56. The maximum Gasteiger partial charge on any atom is 0.413 e. The van der Waals surface area contributed by atoms with Crippen molar-refractivity contribution in [1.29, 1.82) is 0 Å². The Morgan fingerprint density at radius 1 is 1.25 bits per heavy atom. The quantitative estimate of drug-likeness (QED) is 0.736. The Morgan fingerprint density at radius 3 is 2.40 bits per heavy atom. The monoisotopic (exact) mass is 329 g/mol. The highest BCUT2D eigenvalue weighted by Crippen LogP contribution is 2.22. The van der Waals surface area contributed by atoms with Gasteiger partial charge >= 0.3 is 6.09 Å². The van der Waals surface area contributed by atoms with Gasteiger partial charge in [-0.3, -0.25) is 5.32 Å². The molecule has 1 rings (SSSR count). The Bertz CT molecular complexity index is 508. The van der Waals surface area contributed by atoms with Crippen LogP contribution in [0.2, 0.25) is 0 Å². The second-order valence-electron chi connectivity index (χ2n) is 3.46. The molecule has 0 saturated heterocycles. The minimum atomic E-state index is -0.620. The summed E-state index contributed by atoms with van der Waals surface area (Å²) in [6.07, 6.45) is -0.620. The number of thioether (sulfide) groups is 1. The predicted octanol–water partition coefficient (Wildman–Crippen LogP) is 3.19. The SMILES string of the molecule is CCSC(=S)Nc1ccccc1NC(=S)NC(=O)OC. The van der Waals surface area contributed by atoms with Crippen molar-refractivity contribution in [3.05, 3.63) is 24.3 Å². The summed E-state index contributed by atoms with van der Waals surface area (Å²) in [5.74, 6) is 0.893. The molecule has 0 aromatic heterocycles. The summed E-state index contributed by atoms with van der Waals surface area (Å²) >= 11 is 11.8. The van der Waals surface area contributed by atoms with E-state index in [9.17, 15) is 4.79 Å². The van der Waals surface area contributed by atoms with Crippen molar-refractivity contribution in [1.82, 2.24) is 5.32 Å². The zero-order chi connectivity index (χ0) is 15.0. The van der Waals surface area contributed by atoms with Crippen molar-refractivity contribution >= 4 is 63.1 Å². The van der Waals surface area contributed by atoms with Crippen molar-refractivity contribution < 1.29 is 9.53 Å². The topological polar surface area (TPSA) is 62.4 Å². The summed E-state index contributed by atoms with van der Waals surface area (Å²) in [4.78, 5) is 11.1. The molecule has 3 N–H and O–H groups in total. The predicted molar refractivity (Wildman–Crippen MR) is 92.6 cm³/mol. The van der Waals surface area contributed by atoms with Gasteiger partial charge in [0, 0.05) is 0 Å². The number of hydrogen-bond acceptors (Lipinski definition) is 5. The molecule has 0 bridgehead atoms. The fourth-order valence-corrected chi connectivity index (χ4v) is 2.38. The van der Waals surface area contributed by atoms with Gasteiger partial charge in [0.25, 0.3) is 0 Å². The van der Waals surface area contributed by atoms with Gasteiger partial charge in [0.2, 0.25) is 0 Å². The van der Waals surface area contributed by atoms with E-state index in [1.807, 2.05) is 31.2 Å². The van der Waals surface area contributed by atoms with Gasteiger partial charge in [-0.1, -0.05) is 43.0 Å². The van der Waals surface area contributed by atoms with Crippen LogP contribution in [0.15, 0.2) is 24.3 Å². The first-order valence-corrected chi connectivity index (χ1v) is 7.55. The van der Waals surface area contributed by atoms with Crippen LogP contribution in [-0.2, 0) is 4.74 Å². The molecular formula is C12H15N3O2S3. The normalized spacial score (nSPS) is 9.50. The van der Waals surface area contributed by atoms with E-state index >= 15 is 0 Å². The minimum Gasteiger partial charge on any atom is -0.453 e. The van der Waals surface area contributed by atoms with Crippen LogP contribution in [0.4, 0.5) is 16.2 Å². The Morgan fingerprint density at radius 2 is 1.85 bits per heavy atom. The van der Waals surface area contributed by atoms with Crippen LogP contribution in [0.25, 0.3) is 0 Å². The lowest BCUT2D eigenvalue weighted by Gasteiger charge is -2.14. The maximum atomic E-state index is 11.1. The third-order valence-electron chi connectivity index (χ3n) is 2.09. The first-order valence-electron chi connectivity index (χ1n) is 5.75. The first kappa shape index (κ1) is 16.7. The summed E-state index contributed by atoms with van der Waals surface area (Å²) < 4.78 is 5.14. The Labute approximate surface area is 132 Å². The largest absolute Gasteiger partial charge is 0.453 e. The van der Waals surface area contributed by atoms with E-state index in [0.717, 1.165) is 11.4 Å². The van der Waals surface area contributed by atoms with Gasteiger partial charge in [-0.05, 0) is 30.1 Å². The molecule has 0 saturated carbocycles. The minimum absolute atomic E-state index is 0.153. The van der Waals surface area contributed by atoms with Crippen molar-refractivity contribution in [3.63, 3.8) is 0 Å². The van der Waals surface area contributed by atoms with E-state index in [-0.39, 0.29) is 5.11 Å². The smallest absolute Gasteiger partial charge is 0.413 e. The van der Waals surface area contributed by atoms with Crippen LogP contribution in [0, 0.1) is 0 Å². The van der Waals surface area contributed by atoms with Gasteiger partial charge in [0.15, 0.2) is 5.11 Å². The lowest BCUT2D eigenvalue weighted by molar-refractivity contribution is 0.177. The van der Waals surface area contributed by atoms with Crippen molar-refractivity contribution in [3.8, 4) is 0 Å². The van der Waals surface area contributed by atoms with Crippen LogP contribution in [0.1, 0.15) is 6.92 Å². The average Bonchev–Trinajstić information content (AvgIpc) is 2.41. The van der Waals surface area contributed by atoms with Crippen LogP contribution in [0.5, 0.6) is 0 Å². The number of thiocarbonyl (C=S) groups is 2. The molecule has 0 aliphatic carbocycles. The van der Waals surface area contributed by atoms with Gasteiger partial charge in [0.1, 0.15) is 4.32 Å². The summed E-state index contributed by atoms with van der Waals surface area (Å²) in [6, 6.07) is 7.42. The molecular weight excluding hydrogens is 314 g/mol. The van der Waals surface area contributed by atoms with Crippen molar-refractivity contribution in [2.75, 3.05) is 23.5 Å². The number of ether oxygens (including phenoxy) is 1. The Hall–Kier alpha value is -1.38. The number of para-hydroxylation sites is 2. The molecule has 1 amide bonds. The lowest BCUT2D eigenvalue weighted by atomic mass is 10.2. The number of anilines is 2. The standard InChI is InChI=1S/C12H15N3O2S3/c1-3-20-12(19)14-9-7-5-4-6-8(9)13-10(18)15-11(16)17-2/h4-7H,3H2,1-2H3,(H,14,19)(H2,13,15,16,18). The second kappa shape index (κ2) is 8.72. The molecule has 0 fully saturated rings. The van der Waals surface area contributed by atoms with Crippen LogP contribution < -0.4 is 16.0 Å². The fraction of sp³-hybridized carbons (Fsp3) is 0.250. The third-order valence-corrected chi connectivity index (χ3v) is 3.40. The van der Waals surface area contributed by atoms with Crippen molar-refractivity contribution in [2.24, 2.45) is 0 Å². The molecule has 108 valence electrons. The lowest BCUT2D eigenvalue weighted by Crippen LogP contribution is -2.34. The molecule has 0 radical (unpaired) electrons. The highest BCUT2D eigenvalue weighted by atomic mass is 32.2. The van der Waals surface area contributed by atoms with E-state index in [0.29, 0.717) is 10.0 Å². The van der Waals surface area contributed by atoms with E-state index in [1.165, 1.54) is 18.9 Å². The van der Waals surface area contributed by atoms with Crippen LogP contribution >= 0.6 is 36.2 Å². The molecule has 8 heteroatoms. The number of rotatable bonds is 3. The summed E-state index contributed by atoms with van der Waals surface area (Å²) in [6.45, 7) is 2.03. The molecule has 0 atom stereocenters. The van der Waals surface area contributed by atoms with Gasteiger partial charge in [-0.25, -0.2) is 4.79 Å². The number of amides is 1. The van der Waals surface area contributed by atoms with Crippen LogP contribution in [0.3, 0.4) is 0 Å². The average molecular weight is 329 g/mol. The molecule has 5 nitrogen and oxygen atoms in total. The zero-order valence-corrected chi connectivity index (χ0v) is 13.5. The summed E-state index contributed by atoms with van der Waals surface area (Å²) in [5.41, 5.74) is 1.50. The molecule has 0 spiro atoms. The molecule has 0 heterocycles. The second-order valence-corrected chi connectivity index (χ2v) is 5.81. The van der Waals surface area contributed by atoms with Gasteiger partial charge in [-0.15, -0.1) is 0 Å². The zero-order valence-electron chi connectivity index (χ0n) is 11.1. The molecule has 20 heavy (non-hydrogen) atoms. The van der Waals surface area contributed by atoms with E-state index in [4.69, 9.17) is 24.4 Å². The van der Waals surface area contributed by atoms with Gasteiger partial charge < -0.3 is 15.4 Å². The van der Waals surface area contributed by atoms with Crippen LogP contribution in [-0.4, -0.2) is 28.4 Å². The van der Waals surface area contributed by atoms with E-state index < -0.39 is 6.09 Å². The molecule has 1 aromatic carbocycles. The number of carbonyl (C=O) groups excluding carboxylic acids is 1. The summed E-state index contributed by atoms with van der Waals surface area (Å²) in [7, 11) is 1.27. The highest BCUT2D eigenvalue weighted by molar-refractivity contribution is 8.23. The number of benzene rings is 1. The Kier molecular flexibility index (Phi) is 7.27. The van der Waals surface area contributed by atoms with Gasteiger partial charge in [-0.2, -0.15) is 0 Å². The number of nitrogens with one attached hydrogen (secondary N) is 3. The number of carbonyl (C=O) groups is 1. The third kappa shape index (κ3) is 5.72. The maximum absolute atomic E-state index is 11.1. The molecule has 0 aliphatic heterocycles. The van der Waals surface area contributed by atoms with Gasteiger partial charge in [0.05, 0.1) is 18.5 Å². The number of hydrogen-bond donors (Lipinski definition) is 3. The highest BCUT2D eigenvalue weighted by Gasteiger charge is 2.07. The number of methoxy groups -OCH3 is 1. The van der Waals surface area contributed by atoms with E-state index in [2.05, 4.69) is 20.7 Å². The molecule has 0 aliphatic rings. The fourth-order valence-electron chi connectivity index (χ4n) is 1.28. The molecule has 1 aromatic rings. The van der Waals surface area contributed by atoms with Crippen molar-refractivity contribution in [2.45, 2.75) is 6.92 Å². The summed E-state index contributed by atoms with van der Waals surface area (Å²) in [5, 5.41) is 8.55. The Balaban J connectivity index is 2.72. The number of alkyl carbamates (subject to hydrolysis) is 1. The molecule has 0 unspecified atom stereocenters.